The summed E-state index contributed by atoms with van der Waals surface area (Å²) >= 11 is 0. The van der Waals surface area contributed by atoms with Gasteiger partial charge in [0.15, 0.2) is 0 Å². The van der Waals surface area contributed by atoms with Crippen LogP contribution in [0.1, 0.15) is 196 Å². The number of unbranched alkanes of at least 4 members (excludes halogenated alkanes) is 1. The van der Waals surface area contributed by atoms with Gasteiger partial charge in [0.1, 0.15) is 5.78 Å². The molecule has 8 rings (SSSR count). The summed E-state index contributed by atoms with van der Waals surface area (Å²) in [6.07, 6.45) is 23.9. The van der Waals surface area contributed by atoms with E-state index in [-0.39, 0.29) is 52.4 Å². The van der Waals surface area contributed by atoms with Crippen LogP contribution in [0.4, 0.5) is 0 Å². The van der Waals surface area contributed by atoms with Gasteiger partial charge in [0.2, 0.25) is 5.91 Å². The molecule has 0 aliphatic heterocycles. The first-order chi connectivity index (χ1) is 30.2. The third-order valence-corrected chi connectivity index (χ3v) is 23.4. The van der Waals surface area contributed by atoms with Gasteiger partial charge < -0.3 is 20.6 Å². The van der Waals surface area contributed by atoms with Crippen LogP contribution in [0, 0.1) is 98.6 Å². The van der Waals surface area contributed by atoms with E-state index < -0.39 is 15.9 Å². The van der Waals surface area contributed by atoms with Crippen LogP contribution < -0.4 is 5.32 Å². The van der Waals surface area contributed by atoms with Crippen LogP contribution in [0.25, 0.3) is 0 Å². The second kappa shape index (κ2) is 19.0. The molecular weight excluding hydrogens is 823 g/mol. The van der Waals surface area contributed by atoms with Crippen molar-refractivity contribution in [3.05, 3.63) is 0 Å². The van der Waals surface area contributed by atoms with E-state index in [1.165, 1.54) is 64.2 Å². The minimum atomic E-state index is -4.10. The SMILES string of the molecule is C[C@H](CCC(=O)CCCCC1CC2C[C@@H](O)CC[C@@]2(C)[C@@H]2CC[C@]3(C)C(CC[C@H]3[C@@H](C)CCC(=O)NCCS(=O)(=O)O)[C@@H]12)[C@H]1CCC2[C@@H]3[C@@H](O)CC4C[C@H](O)CC[C@]4(C)[C@H]3CC[C@@]21C. The molecule has 0 spiro atoms. The summed E-state index contributed by atoms with van der Waals surface area (Å²) < 4.78 is 31.3. The zero-order valence-electron chi connectivity index (χ0n) is 41.0. The maximum Gasteiger partial charge on any atom is 0.266 e. The van der Waals surface area contributed by atoms with Crippen LogP contribution in [-0.4, -0.2) is 70.6 Å². The second-order valence-electron chi connectivity index (χ2n) is 25.6. The fraction of sp³-hybridized carbons (Fsp3) is 0.963. The van der Waals surface area contributed by atoms with Crippen LogP contribution in [0.2, 0.25) is 0 Å². The third kappa shape index (κ3) is 9.36. The molecule has 20 atom stereocenters. The van der Waals surface area contributed by atoms with Crippen LogP contribution in [0.5, 0.6) is 0 Å². The van der Waals surface area contributed by atoms with Crippen molar-refractivity contribution in [3.8, 4) is 0 Å². The minimum Gasteiger partial charge on any atom is -0.393 e. The maximum absolute atomic E-state index is 13.6. The smallest absolute Gasteiger partial charge is 0.266 e. The Kier molecular flexibility index (Phi) is 14.7. The predicted octanol–water partition coefficient (Wildman–Crippen LogP) is 10.2. The Morgan fingerprint density at radius 3 is 1.69 bits per heavy atom. The van der Waals surface area contributed by atoms with E-state index in [2.05, 4.69) is 46.9 Å². The van der Waals surface area contributed by atoms with Crippen molar-refractivity contribution in [2.24, 2.45) is 98.6 Å². The molecular formula is C54H91NO8S. The van der Waals surface area contributed by atoms with Crippen molar-refractivity contribution in [3.63, 3.8) is 0 Å². The van der Waals surface area contributed by atoms with E-state index in [4.69, 9.17) is 4.55 Å². The minimum absolute atomic E-state index is 0.0630. The van der Waals surface area contributed by atoms with Gasteiger partial charge in [-0.1, -0.05) is 54.4 Å². The van der Waals surface area contributed by atoms with E-state index >= 15 is 0 Å². The lowest BCUT2D eigenvalue weighted by Gasteiger charge is -2.63. The standard InChI is InChI=1S/C54H91NO8S/c1-33(41-15-17-44-50-46(22-26-54(41,44)6)52(4)24-20-40(58)31-37(52)32-47(50)59)11-13-38(56)10-8-7-9-35-29-36-30-39(57)19-23-51(36,3)45-21-25-53(5)42(14-16-43(53)49(35)45)34(2)12-18-48(60)55-27-28-64(61,62)63/h33-37,39-47,49-50,57-59H,7-32H2,1-6H3,(H,55,60)(H,61,62,63)/t33-,34+,35?,36?,37?,39+,40-,41-,42+,43?,44?,45-,46+,47+,49-,50+,51-,52+,53+,54-/m1/s1. The van der Waals surface area contributed by atoms with E-state index in [1.807, 2.05) is 0 Å². The van der Waals surface area contributed by atoms with Crippen LogP contribution >= 0.6 is 0 Å². The molecule has 366 valence electrons. The number of hydrogen-bond acceptors (Lipinski definition) is 7. The molecule has 0 heterocycles. The first-order valence-corrected chi connectivity index (χ1v) is 28.6. The third-order valence-electron chi connectivity index (χ3n) is 22.7. The largest absolute Gasteiger partial charge is 0.393 e. The molecule has 0 aromatic heterocycles. The molecule has 0 bridgehead atoms. The summed E-state index contributed by atoms with van der Waals surface area (Å²) in [5, 5.41) is 35.8. The average molecular weight is 914 g/mol. The highest BCUT2D eigenvalue weighted by molar-refractivity contribution is 7.85. The number of Topliss-reactive ketones (excluding diaryl/α,β-unsaturated/α-hetero) is 1. The number of ketones is 1. The molecule has 0 saturated heterocycles. The van der Waals surface area contributed by atoms with Crippen molar-refractivity contribution < 1.29 is 37.9 Å². The van der Waals surface area contributed by atoms with Gasteiger partial charge in [0, 0.05) is 25.8 Å². The first kappa shape index (κ1) is 49.4. The Morgan fingerprint density at radius 2 is 1.11 bits per heavy atom. The molecule has 10 heteroatoms. The Balaban J connectivity index is 0.841. The summed E-state index contributed by atoms with van der Waals surface area (Å²) in [7, 11) is -4.10. The van der Waals surface area contributed by atoms with Crippen LogP contribution in [0.15, 0.2) is 0 Å². The molecule has 0 aromatic rings. The molecule has 1 amide bonds. The Bertz CT molecular complexity index is 1770. The number of nitrogens with one attached hydrogen (secondary N) is 1. The molecule has 0 radical (unpaired) electrons. The number of carbonyl (C=O) groups excluding carboxylic acids is 2. The highest BCUT2D eigenvalue weighted by Gasteiger charge is 2.64. The molecule has 8 saturated carbocycles. The Morgan fingerprint density at radius 1 is 0.609 bits per heavy atom. The predicted molar refractivity (Wildman–Crippen MR) is 252 cm³/mol. The number of rotatable bonds is 16. The summed E-state index contributed by atoms with van der Waals surface area (Å²) in [5.41, 5.74) is 1.00. The van der Waals surface area contributed by atoms with Gasteiger partial charge in [0.25, 0.3) is 10.1 Å². The number of fused-ring (bicyclic) bond motifs is 10. The lowest BCUT2D eigenvalue weighted by atomic mass is 9.42. The fourth-order valence-corrected chi connectivity index (χ4v) is 19.6. The molecule has 8 fully saturated rings. The number of amides is 1. The van der Waals surface area contributed by atoms with Gasteiger partial charge in [-0.3, -0.25) is 14.1 Å². The number of aliphatic hydroxyl groups is 3. The molecule has 8 aliphatic rings. The van der Waals surface area contributed by atoms with Gasteiger partial charge in [-0.25, -0.2) is 0 Å². The highest BCUT2D eigenvalue weighted by Crippen LogP contribution is 2.71. The van der Waals surface area contributed by atoms with Crippen LogP contribution in [-0.2, 0) is 19.7 Å². The molecule has 5 N–H and O–H groups in total. The fourth-order valence-electron chi connectivity index (χ4n) is 19.3. The van der Waals surface area contributed by atoms with Crippen molar-refractivity contribution in [2.45, 2.75) is 214 Å². The number of aliphatic hydroxyl groups excluding tert-OH is 3. The van der Waals surface area contributed by atoms with Crippen LogP contribution in [0.3, 0.4) is 0 Å². The summed E-state index contributed by atoms with van der Waals surface area (Å²) in [4.78, 5) is 26.3. The van der Waals surface area contributed by atoms with Crippen molar-refractivity contribution in [1.29, 1.82) is 0 Å². The lowest BCUT2D eigenvalue weighted by molar-refractivity contribution is -0.174. The van der Waals surface area contributed by atoms with Gasteiger partial charge in [-0.05, 0) is 221 Å². The molecule has 9 nitrogen and oxygen atoms in total. The summed E-state index contributed by atoms with van der Waals surface area (Å²) in [6, 6.07) is 0. The van der Waals surface area contributed by atoms with Crippen molar-refractivity contribution in [2.75, 3.05) is 12.3 Å². The monoisotopic (exact) mass is 914 g/mol. The maximum atomic E-state index is 13.6. The normalized spacial score (nSPS) is 47.2. The Hall–Kier alpha value is -1.07. The van der Waals surface area contributed by atoms with E-state index in [0.717, 1.165) is 70.6 Å². The first-order valence-electron chi connectivity index (χ1n) is 27.0. The summed E-state index contributed by atoms with van der Waals surface area (Å²) in [6.45, 7) is 14.9. The van der Waals surface area contributed by atoms with Crippen molar-refractivity contribution >= 4 is 21.8 Å². The number of hydrogen-bond donors (Lipinski definition) is 5. The van der Waals surface area contributed by atoms with E-state index in [0.29, 0.717) is 102 Å². The molecule has 64 heavy (non-hydrogen) atoms. The van der Waals surface area contributed by atoms with Gasteiger partial charge in [-0.15, -0.1) is 0 Å². The van der Waals surface area contributed by atoms with Gasteiger partial charge in [-0.2, -0.15) is 8.42 Å². The molecule has 0 aromatic carbocycles. The van der Waals surface area contributed by atoms with Gasteiger partial charge >= 0.3 is 0 Å². The topological polar surface area (TPSA) is 161 Å². The Labute approximate surface area is 388 Å². The summed E-state index contributed by atoms with van der Waals surface area (Å²) in [5.74, 6) is 7.08. The quantitative estimate of drug-likeness (QED) is 0.0756. The molecule has 5 unspecified atom stereocenters. The zero-order chi connectivity index (χ0) is 46.0. The lowest BCUT2D eigenvalue weighted by Crippen LogP contribution is -2.58. The zero-order valence-corrected chi connectivity index (χ0v) is 41.8. The average Bonchev–Trinajstić information content (AvgIpc) is 3.78. The molecule has 8 aliphatic carbocycles. The van der Waals surface area contributed by atoms with E-state index in [9.17, 15) is 33.3 Å². The van der Waals surface area contributed by atoms with Gasteiger partial charge in [0.05, 0.1) is 24.1 Å². The van der Waals surface area contributed by atoms with E-state index in [1.54, 1.807) is 0 Å². The highest BCUT2D eigenvalue weighted by atomic mass is 32.2. The second-order valence-corrected chi connectivity index (χ2v) is 27.1. The van der Waals surface area contributed by atoms with Crippen molar-refractivity contribution in [1.82, 2.24) is 5.32 Å². The number of carbonyl (C=O) groups is 2.